The van der Waals surface area contributed by atoms with E-state index >= 15 is 0 Å². The number of benzene rings is 2. The lowest BCUT2D eigenvalue weighted by atomic mass is 10.2. The van der Waals surface area contributed by atoms with Crippen LogP contribution in [0.5, 0.6) is 5.75 Å². The van der Waals surface area contributed by atoms with Crippen molar-refractivity contribution in [2.45, 2.75) is 6.61 Å². The van der Waals surface area contributed by atoms with Crippen LogP contribution in [0.4, 0.5) is 27.6 Å². The van der Waals surface area contributed by atoms with Gasteiger partial charge in [-0.15, -0.1) is 0 Å². The third kappa shape index (κ3) is 2.52. The zero-order valence-electron chi connectivity index (χ0n) is 9.89. The second kappa shape index (κ2) is 5.36. The molecule has 0 aromatic heterocycles. The van der Waals surface area contributed by atoms with Gasteiger partial charge in [0.25, 0.3) is 0 Å². The minimum Gasteiger partial charge on any atom is -0.483 e. The summed E-state index contributed by atoms with van der Waals surface area (Å²) in [7, 11) is 0. The van der Waals surface area contributed by atoms with Crippen LogP contribution in [0.1, 0.15) is 5.56 Å². The van der Waals surface area contributed by atoms with Gasteiger partial charge < -0.3 is 10.5 Å². The summed E-state index contributed by atoms with van der Waals surface area (Å²) in [4.78, 5) is 0. The maximum absolute atomic E-state index is 13.3. The van der Waals surface area contributed by atoms with Crippen LogP contribution in [0, 0.1) is 29.1 Å². The smallest absolute Gasteiger partial charge is 0.207 e. The van der Waals surface area contributed by atoms with Crippen molar-refractivity contribution in [2.24, 2.45) is 0 Å². The predicted octanol–water partition coefficient (Wildman–Crippen LogP) is 3.54. The van der Waals surface area contributed by atoms with Crippen LogP contribution >= 0.6 is 0 Å². The fraction of sp³-hybridized carbons (Fsp3) is 0.0769. The zero-order valence-corrected chi connectivity index (χ0v) is 9.89. The van der Waals surface area contributed by atoms with Gasteiger partial charge in [-0.2, -0.15) is 8.78 Å². The Morgan fingerprint density at radius 1 is 0.750 bits per heavy atom. The molecule has 0 atom stereocenters. The molecule has 0 amide bonds. The Kier molecular flexibility index (Phi) is 3.78. The van der Waals surface area contributed by atoms with Crippen molar-refractivity contribution >= 4 is 5.69 Å². The summed E-state index contributed by atoms with van der Waals surface area (Å²) in [5.41, 5.74) is 6.36. The molecule has 0 saturated carbocycles. The minimum absolute atomic E-state index is 0.362. The highest BCUT2D eigenvalue weighted by Gasteiger charge is 2.26. The molecule has 0 spiro atoms. The zero-order chi connectivity index (χ0) is 14.9. The van der Waals surface area contributed by atoms with Crippen molar-refractivity contribution in [1.82, 2.24) is 0 Å². The molecule has 0 fully saturated rings. The van der Waals surface area contributed by atoms with Crippen molar-refractivity contribution in [1.29, 1.82) is 0 Å². The standard InChI is InChI=1S/C13H8F5NO/c14-8-9(15)11(17)13(12(18)10(8)16)20-5-6-1-3-7(19)4-2-6/h1-4H,5,19H2. The van der Waals surface area contributed by atoms with E-state index < -0.39 is 34.8 Å². The van der Waals surface area contributed by atoms with E-state index in [4.69, 9.17) is 5.73 Å². The molecule has 0 heterocycles. The van der Waals surface area contributed by atoms with Crippen LogP contribution in [-0.2, 0) is 6.61 Å². The Morgan fingerprint density at radius 2 is 1.20 bits per heavy atom. The number of hydrogen-bond donors (Lipinski definition) is 1. The lowest BCUT2D eigenvalue weighted by Gasteiger charge is -2.10. The van der Waals surface area contributed by atoms with E-state index in [1.54, 1.807) is 0 Å². The van der Waals surface area contributed by atoms with E-state index in [1.165, 1.54) is 24.3 Å². The highest BCUT2D eigenvalue weighted by atomic mass is 19.2. The number of rotatable bonds is 3. The topological polar surface area (TPSA) is 35.2 Å². The monoisotopic (exact) mass is 289 g/mol. The van der Waals surface area contributed by atoms with Gasteiger partial charge in [-0.25, -0.2) is 13.2 Å². The van der Waals surface area contributed by atoms with E-state index in [-0.39, 0.29) is 6.61 Å². The molecule has 0 saturated heterocycles. The van der Waals surface area contributed by atoms with Gasteiger partial charge in [0, 0.05) is 5.69 Å². The lowest BCUT2D eigenvalue weighted by Crippen LogP contribution is -2.07. The Bertz CT molecular complexity index is 613. The highest BCUT2D eigenvalue weighted by molar-refractivity contribution is 5.39. The first-order chi connectivity index (χ1) is 9.41. The van der Waals surface area contributed by atoms with Gasteiger partial charge in [-0.05, 0) is 17.7 Å². The summed E-state index contributed by atoms with van der Waals surface area (Å²) in [6.45, 7) is -0.362. The molecule has 2 aromatic carbocycles. The first-order valence-electron chi connectivity index (χ1n) is 5.40. The van der Waals surface area contributed by atoms with E-state index in [0.717, 1.165) is 0 Å². The van der Waals surface area contributed by atoms with E-state index in [1.807, 2.05) is 0 Å². The number of nitrogen functional groups attached to an aromatic ring is 1. The number of ether oxygens (including phenoxy) is 1. The Balaban J connectivity index is 2.28. The summed E-state index contributed by atoms with van der Waals surface area (Å²) in [6, 6.07) is 6.03. The molecule has 20 heavy (non-hydrogen) atoms. The fourth-order valence-corrected chi connectivity index (χ4v) is 1.48. The SMILES string of the molecule is Nc1ccc(COc2c(F)c(F)c(F)c(F)c2F)cc1. The molecule has 2 nitrogen and oxygen atoms in total. The molecule has 0 radical (unpaired) electrons. The van der Waals surface area contributed by atoms with Crippen LogP contribution in [-0.4, -0.2) is 0 Å². The average Bonchev–Trinajstić information content (AvgIpc) is 2.45. The van der Waals surface area contributed by atoms with Crippen LogP contribution in [0.2, 0.25) is 0 Å². The maximum Gasteiger partial charge on any atom is 0.207 e. The summed E-state index contributed by atoms with van der Waals surface area (Å²) in [5.74, 6) is -11.6. The van der Waals surface area contributed by atoms with Crippen molar-refractivity contribution in [2.75, 3.05) is 5.73 Å². The van der Waals surface area contributed by atoms with Gasteiger partial charge in [-0.3, -0.25) is 0 Å². The third-order valence-corrected chi connectivity index (χ3v) is 2.53. The third-order valence-electron chi connectivity index (χ3n) is 2.53. The predicted molar refractivity (Wildman–Crippen MR) is 61.4 cm³/mol. The minimum atomic E-state index is -2.22. The Hall–Kier alpha value is -2.31. The summed E-state index contributed by atoms with van der Waals surface area (Å²) >= 11 is 0. The van der Waals surface area contributed by atoms with E-state index in [9.17, 15) is 22.0 Å². The van der Waals surface area contributed by atoms with Crippen LogP contribution in [0.3, 0.4) is 0 Å². The van der Waals surface area contributed by atoms with E-state index in [0.29, 0.717) is 11.3 Å². The largest absolute Gasteiger partial charge is 0.483 e. The van der Waals surface area contributed by atoms with Gasteiger partial charge in [0.05, 0.1) is 0 Å². The van der Waals surface area contributed by atoms with Crippen LogP contribution < -0.4 is 10.5 Å². The summed E-state index contributed by atoms with van der Waals surface area (Å²) in [5, 5.41) is 0. The van der Waals surface area contributed by atoms with Crippen LogP contribution in [0.15, 0.2) is 24.3 Å². The first kappa shape index (κ1) is 14.1. The van der Waals surface area contributed by atoms with Gasteiger partial charge in [0.2, 0.25) is 29.1 Å². The normalized spacial score (nSPS) is 10.7. The van der Waals surface area contributed by atoms with Gasteiger partial charge in [0.15, 0.2) is 5.75 Å². The molecule has 106 valence electrons. The van der Waals surface area contributed by atoms with Crippen LogP contribution in [0.25, 0.3) is 0 Å². The number of nitrogens with two attached hydrogens (primary N) is 1. The number of hydrogen-bond acceptors (Lipinski definition) is 2. The molecule has 0 unspecified atom stereocenters. The second-order valence-corrected chi connectivity index (χ2v) is 3.93. The van der Waals surface area contributed by atoms with Crippen molar-refractivity contribution in [3.63, 3.8) is 0 Å². The Morgan fingerprint density at radius 3 is 1.70 bits per heavy atom. The van der Waals surface area contributed by atoms with Crippen molar-refractivity contribution in [3.05, 3.63) is 58.9 Å². The number of halogens is 5. The molecule has 0 bridgehead atoms. The first-order valence-corrected chi connectivity index (χ1v) is 5.40. The quantitative estimate of drug-likeness (QED) is 0.406. The number of anilines is 1. The molecular weight excluding hydrogens is 281 g/mol. The van der Waals surface area contributed by atoms with Gasteiger partial charge in [0.1, 0.15) is 6.61 Å². The molecule has 0 aliphatic carbocycles. The molecule has 7 heteroatoms. The van der Waals surface area contributed by atoms with Crippen molar-refractivity contribution in [3.8, 4) is 5.75 Å². The molecule has 2 aromatic rings. The summed E-state index contributed by atoms with van der Waals surface area (Å²) in [6.07, 6.45) is 0. The molecule has 2 rings (SSSR count). The Labute approximate surface area is 110 Å². The van der Waals surface area contributed by atoms with Crippen molar-refractivity contribution < 1.29 is 26.7 Å². The van der Waals surface area contributed by atoms with E-state index in [2.05, 4.69) is 4.74 Å². The fourth-order valence-electron chi connectivity index (χ4n) is 1.48. The van der Waals surface area contributed by atoms with Gasteiger partial charge in [-0.1, -0.05) is 12.1 Å². The molecule has 0 aliphatic heterocycles. The molecule has 0 aliphatic rings. The van der Waals surface area contributed by atoms with Gasteiger partial charge >= 0.3 is 0 Å². The maximum atomic E-state index is 13.3. The lowest BCUT2D eigenvalue weighted by molar-refractivity contribution is 0.253. The second-order valence-electron chi connectivity index (χ2n) is 3.93. The molecular formula is C13H8F5NO. The average molecular weight is 289 g/mol. The highest BCUT2D eigenvalue weighted by Crippen LogP contribution is 2.29. The molecule has 2 N–H and O–H groups in total. The summed E-state index contributed by atoms with van der Waals surface area (Å²) < 4.78 is 69.9.